The smallest absolute Gasteiger partial charge is 0.264 e. The van der Waals surface area contributed by atoms with Gasteiger partial charge in [-0.15, -0.1) is 0 Å². The summed E-state index contributed by atoms with van der Waals surface area (Å²) >= 11 is 3.20. The van der Waals surface area contributed by atoms with E-state index in [9.17, 15) is 17.2 Å². The van der Waals surface area contributed by atoms with E-state index in [1.54, 1.807) is 0 Å². The molecule has 0 heterocycles. The van der Waals surface area contributed by atoms with Crippen LogP contribution in [-0.2, 0) is 10.0 Å². The molecule has 0 aliphatic rings. The maximum Gasteiger partial charge on any atom is 0.264 e. The summed E-state index contributed by atoms with van der Waals surface area (Å²) in [6, 6.07) is 6.87. The molecule has 0 radical (unpaired) electrons. The highest BCUT2D eigenvalue weighted by molar-refractivity contribution is 9.10. The predicted octanol–water partition coefficient (Wildman–Crippen LogP) is 3.56. The number of rotatable bonds is 4. The Morgan fingerprint density at radius 3 is 2.36 bits per heavy atom. The van der Waals surface area contributed by atoms with Crippen LogP contribution in [0.1, 0.15) is 0 Å². The molecule has 0 fully saturated rings. The first kappa shape index (κ1) is 16.7. The molecule has 118 valence electrons. The number of anilines is 1. The summed E-state index contributed by atoms with van der Waals surface area (Å²) in [5.74, 6) is -1.27. The van der Waals surface area contributed by atoms with Crippen molar-refractivity contribution in [1.29, 1.82) is 0 Å². The van der Waals surface area contributed by atoms with Gasteiger partial charge in [-0.25, -0.2) is 17.2 Å². The van der Waals surface area contributed by atoms with E-state index in [0.717, 1.165) is 16.4 Å². The highest BCUT2D eigenvalue weighted by Crippen LogP contribution is 2.30. The standard InChI is InChI=1S/C14H12BrF2NO3S/c1-18(13-5-3-9(16)7-12(13)17)22(19,20)10-4-6-14(21-2)11(15)8-10/h3-8H,1-2H3. The molecule has 8 heteroatoms. The van der Waals surface area contributed by atoms with Crippen LogP contribution in [0.15, 0.2) is 45.8 Å². The van der Waals surface area contributed by atoms with Gasteiger partial charge in [-0.3, -0.25) is 4.31 Å². The van der Waals surface area contributed by atoms with Crippen LogP contribution in [0.3, 0.4) is 0 Å². The van der Waals surface area contributed by atoms with Crippen LogP contribution >= 0.6 is 15.9 Å². The van der Waals surface area contributed by atoms with Gasteiger partial charge in [0.1, 0.15) is 17.4 Å². The molecular formula is C14H12BrF2NO3S. The lowest BCUT2D eigenvalue weighted by Gasteiger charge is -2.20. The second-order valence-electron chi connectivity index (χ2n) is 4.36. The number of methoxy groups -OCH3 is 1. The van der Waals surface area contributed by atoms with Gasteiger partial charge >= 0.3 is 0 Å². The second-order valence-corrected chi connectivity index (χ2v) is 7.19. The van der Waals surface area contributed by atoms with Gasteiger partial charge in [-0.1, -0.05) is 0 Å². The molecule has 0 aliphatic carbocycles. The van der Waals surface area contributed by atoms with Crippen molar-refractivity contribution >= 4 is 31.6 Å². The summed E-state index contributed by atoms with van der Waals surface area (Å²) in [4.78, 5) is -0.0496. The van der Waals surface area contributed by atoms with Crippen molar-refractivity contribution < 1.29 is 21.9 Å². The van der Waals surface area contributed by atoms with E-state index in [1.165, 1.54) is 32.4 Å². The van der Waals surface area contributed by atoms with Gasteiger partial charge in [0.05, 0.1) is 22.2 Å². The van der Waals surface area contributed by atoms with E-state index in [4.69, 9.17) is 4.74 Å². The molecule has 0 N–H and O–H groups in total. The van der Waals surface area contributed by atoms with Gasteiger partial charge in [0.2, 0.25) is 0 Å². The summed E-state index contributed by atoms with van der Waals surface area (Å²) in [7, 11) is -1.34. The molecule has 0 aromatic heterocycles. The Morgan fingerprint density at radius 1 is 1.14 bits per heavy atom. The molecule has 0 aliphatic heterocycles. The fourth-order valence-electron chi connectivity index (χ4n) is 1.83. The van der Waals surface area contributed by atoms with Crippen LogP contribution < -0.4 is 9.04 Å². The largest absolute Gasteiger partial charge is 0.496 e. The third-order valence-corrected chi connectivity index (χ3v) is 5.42. The molecule has 22 heavy (non-hydrogen) atoms. The Kier molecular flexibility index (Phi) is 4.72. The number of hydrogen-bond donors (Lipinski definition) is 0. The third-order valence-electron chi connectivity index (χ3n) is 3.03. The number of nitrogens with zero attached hydrogens (tertiary/aromatic N) is 1. The molecule has 0 spiro atoms. The van der Waals surface area contributed by atoms with Crippen molar-refractivity contribution in [3.63, 3.8) is 0 Å². The summed E-state index contributed by atoms with van der Waals surface area (Å²) in [5.41, 5.74) is -0.242. The van der Waals surface area contributed by atoms with E-state index in [2.05, 4.69) is 15.9 Å². The van der Waals surface area contributed by atoms with Crippen molar-refractivity contribution in [3.05, 3.63) is 52.5 Å². The summed E-state index contributed by atoms with van der Waals surface area (Å²) in [6.45, 7) is 0. The molecule has 0 unspecified atom stereocenters. The van der Waals surface area contributed by atoms with Crippen molar-refractivity contribution in [2.45, 2.75) is 4.90 Å². The molecule has 2 aromatic rings. The lowest BCUT2D eigenvalue weighted by molar-refractivity contribution is 0.411. The van der Waals surface area contributed by atoms with Gasteiger partial charge in [-0.05, 0) is 46.3 Å². The van der Waals surface area contributed by atoms with Crippen molar-refractivity contribution in [2.24, 2.45) is 0 Å². The normalized spacial score (nSPS) is 11.3. The second kappa shape index (κ2) is 6.21. The van der Waals surface area contributed by atoms with E-state index < -0.39 is 21.7 Å². The number of halogens is 3. The Morgan fingerprint density at radius 2 is 1.82 bits per heavy atom. The number of benzene rings is 2. The summed E-state index contributed by atoms with van der Waals surface area (Å²) < 4.78 is 58.0. The Hall–Kier alpha value is -1.67. The zero-order chi connectivity index (χ0) is 16.5. The fourth-order valence-corrected chi connectivity index (χ4v) is 3.75. The first-order valence-electron chi connectivity index (χ1n) is 6.05. The summed E-state index contributed by atoms with van der Waals surface area (Å²) in [6.07, 6.45) is 0. The third kappa shape index (κ3) is 3.07. The molecule has 0 amide bonds. The number of hydrogen-bond acceptors (Lipinski definition) is 3. The topological polar surface area (TPSA) is 46.6 Å². The number of ether oxygens (including phenoxy) is 1. The van der Waals surface area contributed by atoms with Crippen LogP contribution in [0.25, 0.3) is 0 Å². The van der Waals surface area contributed by atoms with E-state index in [1.807, 2.05) is 0 Å². The molecule has 4 nitrogen and oxygen atoms in total. The first-order chi connectivity index (χ1) is 10.3. The minimum Gasteiger partial charge on any atom is -0.496 e. The SMILES string of the molecule is COc1ccc(S(=O)(=O)N(C)c2ccc(F)cc2F)cc1Br. The van der Waals surface area contributed by atoms with E-state index in [-0.39, 0.29) is 10.6 Å². The average molecular weight is 392 g/mol. The van der Waals surface area contributed by atoms with Crippen LogP contribution in [0.5, 0.6) is 5.75 Å². The predicted molar refractivity (Wildman–Crippen MR) is 82.6 cm³/mol. The maximum atomic E-state index is 13.8. The van der Waals surface area contributed by atoms with Gasteiger partial charge < -0.3 is 4.74 Å². The van der Waals surface area contributed by atoms with Crippen molar-refractivity contribution in [2.75, 3.05) is 18.5 Å². The zero-order valence-corrected chi connectivity index (χ0v) is 14.1. The average Bonchev–Trinajstić information content (AvgIpc) is 2.46. The Labute approximate surface area is 135 Å². The van der Waals surface area contributed by atoms with Crippen LogP contribution in [0.2, 0.25) is 0 Å². The van der Waals surface area contributed by atoms with E-state index in [0.29, 0.717) is 16.3 Å². The fraction of sp³-hybridized carbons (Fsp3) is 0.143. The van der Waals surface area contributed by atoms with Gasteiger partial charge in [0.25, 0.3) is 10.0 Å². The lowest BCUT2D eigenvalue weighted by atomic mass is 10.3. The minimum absolute atomic E-state index is 0.0496. The molecular weight excluding hydrogens is 380 g/mol. The zero-order valence-electron chi connectivity index (χ0n) is 11.7. The lowest BCUT2D eigenvalue weighted by Crippen LogP contribution is -2.27. The van der Waals surface area contributed by atoms with Gasteiger partial charge in [0.15, 0.2) is 0 Å². The Bertz CT molecular complexity index is 812. The molecule has 0 saturated carbocycles. The quantitative estimate of drug-likeness (QED) is 0.800. The van der Waals surface area contributed by atoms with Crippen molar-refractivity contribution in [1.82, 2.24) is 0 Å². The van der Waals surface area contributed by atoms with Crippen molar-refractivity contribution in [3.8, 4) is 5.75 Å². The molecule has 2 aromatic carbocycles. The highest BCUT2D eigenvalue weighted by Gasteiger charge is 2.24. The number of sulfonamides is 1. The van der Waals surface area contributed by atoms with Crippen LogP contribution in [-0.4, -0.2) is 22.6 Å². The monoisotopic (exact) mass is 391 g/mol. The van der Waals surface area contributed by atoms with Crippen LogP contribution in [0, 0.1) is 11.6 Å². The van der Waals surface area contributed by atoms with Gasteiger partial charge in [-0.2, -0.15) is 0 Å². The highest BCUT2D eigenvalue weighted by atomic mass is 79.9. The Balaban J connectivity index is 2.47. The maximum absolute atomic E-state index is 13.8. The molecule has 0 saturated heterocycles. The summed E-state index contributed by atoms with van der Waals surface area (Å²) in [5, 5.41) is 0. The molecule has 2 rings (SSSR count). The molecule has 0 bridgehead atoms. The van der Waals surface area contributed by atoms with Crippen LogP contribution in [0.4, 0.5) is 14.5 Å². The molecule has 0 atom stereocenters. The van der Waals surface area contributed by atoms with Gasteiger partial charge in [0, 0.05) is 13.1 Å². The first-order valence-corrected chi connectivity index (χ1v) is 8.28. The minimum atomic E-state index is -3.99. The van der Waals surface area contributed by atoms with E-state index >= 15 is 0 Å².